The number of rotatable bonds is 3. The normalized spacial score (nSPS) is 10.8. The van der Waals surface area contributed by atoms with Crippen molar-refractivity contribution in [2.75, 3.05) is 0 Å². The Labute approximate surface area is 101 Å². The molecule has 1 N–H and O–H groups in total. The lowest BCUT2D eigenvalue weighted by atomic mass is 10.1. The van der Waals surface area contributed by atoms with Crippen LogP contribution in [0.5, 0.6) is 0 Å². The van der Waals surface area contributed by atoms with Gasteiger partial charge in [0.15, 0.2) is 0 Å². The largest absolute Gasteiger partial charge is 0.295 e. The molecule has 1 aromatic heterocycles. The third kappa shape index (κ3) is 2.49. The fourth-order valence-electron chi connectivity index (χ4n) is 2.11. The predicted octanol–water partition coefficient (Wildman–Crippen LogP) is 2.73. The maximum Gasteiger partial charge on any atom is 0.271 e. The van der Waals surface area contributed by atoms with Gasteiger partial charge in [-0.3, -0.25) is 9.89 Å². The first-order valence-corrected chi connectivity index (χ1v) is 6.00. The van der Waals surface area contributed by atoms with Crippen LogP contribution in [0.3, 0.4) is 0 Å². The highest BCUT2D eigenvalue weighted by atomic mass is 16.1. The lowest BCUT2D eigenvalue weighted by Gasteiger charge is -2.05. The van der Waals surface area contributed by atoms with Crippen LogP contribution >= 0.6 is 0 Å². The zero-order valence-corrected chi connectivity index (χ0v) is 10.6. The van der Waals surface area contributed by atoms with Gasteiger partial charge in [0.05, 0.1) is 5.69 Å². The Bertz CT molecular complexity index is 558. The molecule has 2 aromatic rings. The van der Waals surface area contributed by atoms with E-state index in [0.717, 1.165) is 24.2 Å². The first kappa shape index (κ1) is 11.7. The molecular formula is C14H18N2O. The highest BCUT2D eigenvalue weighted by molar-refractivity contribution is 5.38. The van der Waals surface area contributed by atoms with Crippen molar-refractivity contribution in [1.82, 2.24) is 9.78 Å². The third-order valence-corrected chi connectivity index (χ3v) is 2.76. The van der Waals surface area contributed by atoms with Crippen molar-refractivity contribution in [3.05, 3.63) is 51.4 Å². The van der Waals surface area contributed by atoms with Crippen LogP contribution in [0.1, 0.15) is 30.2 Å². The zero-order valence-electron chi connectivity index (χ0n) is 10.6. The molecule has 3 heteroatoms. The molecule has 0 saturated heterocycles. The Morgan fingerprint density at radius 1 is 1.12 bits per heavy atom. The number of aryl methyl sites for hydroxylation is 3. The first-order chi connectivity index (χ1) is 8.10. The van der Waals surface area contributed by atoms with Gasteiger partial charge < -0.3 is 0 Å². The van der Waals surface area contributed by atoms with E-state index in [9.17, 15) is 4.79 Å². The van der Waals surface area contributed by atoms with Gasteiger partial charge in [0.2, 0.25) is 0 Å². The van der Waals surface area contributed by atoms with Crippen molar-refractivity contribution < 1.29 is 0 Å². The molecule has 1 aromatic carbocycles. The van der Waals surface area contributed by atoms with E-state index in [0.29, 0.717) is 0 Å². The molecule has 17 heavy (non-hydrogen) atoms. The summed E-state index contributed by atoms with van der Waals surface area (Å²) in [6, 6.07) is 7.81. The fourth-order valence-corrected chi connectivity index (χ4v) is 2.11. The van der Waals surface area contributed by atoms with Crippen LogP contribution in [0.15, 0.2) is 29.1 Å². The van der Waals surface area contributed by atoms with Gasteiger partial charge in [-0.25, -0.2) is 4.68 Å². The van der Waals surface area contributed by atoms with E-state index in [1.54, 1.807) is 10.7 Å². The van der Waals surface area contributed by atoms with E-state index in [1.165, 1.54) is 11.1 Å². The standard InChI is InChI=1S/C14H18N2O/c1-4-5-12-9-14(17)16(15-12)13-7-10(2)6-11(3)8-13/h6-9,15H,4-5H2,1-3H3. The second-order valence-corrected chi connectivity index (χ2v) is 4.55. The van der Waals surface area contributed by atoms with E-state index < -0.39 is 0 Å². The molecule has 0 saturated carbocycles. The maximum absolute atomic E-state index is 11.9. The van der Waals surface area contributed by atoms with E-state index in [1.807, 2.05) is 26.0 Å². The van der Waals surface area contributed by atoms with E-state index in [-0.39, 0.29) is 5.56 Å². The Morgan fingerprint density at radius 2 is 1.76 bits per heavy atom. The Balaban J connectivity index is 2.48. The summed E-state index contributed by atoms with van der Waals surface area (Å²) in [5.41, 5.74) is 4.25. The smallest absolute Gasteiger partial charge is 0.271 e. The summed E-state index contributed by atoms with van der Waals surface area (Å²) in [5.74, 6) is 0. The molecule has 0 amide bonds. The van der Waals surface area contributed by atoms with Gasteiger partial charge in [0.25, 0.3) is 5.56 Å². The highest BCUT2D eigenvalue weighted by Crippen LogP contribution is 2.11. The average molecular weight is 230 g/mol. The van der Waals surface area contributed by atoms with Gasteiger partial charge in [0, 0.05) is 11.8 Å². The van der Waals surface area contributed by atoms with Crippen LogP contribution in [0.4, 0.5) is 0 Å². The Morgan fingerprint density at radius 3 is 2.35 bits per heavy atom. The van der Waals surface area contributed by atoms with Crippen molar-refractivity contribution in [2.24, 2.45) is 0 Å². The minimum Gasteiger partial charge on any atom is -0.295 e. The van der Waals surface area contributed by atoms with Crippen LogP contribution in [-0.4, -0.2) is 9.78 Å². The summed E-state index contributed by atoms with van der Waals surface area (Å²) in [6.07, 6.45) is 1.94. The monoisotopic (exact) mass is 230 g/mol. The molecule has 0 atom stereocenters. The molecule has 0 aliphatic rings. The van der Waals surface area contributed by atoms with Crippen molar-refractivity contribution >= 4 is 0 Å². The molecule has 0 aliphatic carbocycles. The second kappa shape index (κ2) is 4.62. The summed E-state index contributed by atoms with van der Waals surface area (Å²) < 4.78 is 1.62. The molecule has 0 aliphatic heterocycles. The lowest BCUT2D eigenvalue weighted by molar-refractivity contribution is 0.792. The maximum atomic E-state index is 11.9. The number of hydrogen-bond donors (Lipinski definition) is 1. The lowest BCUT2D eigenvalue weighted by Crippen LogP contribution is -2.13. The summed E-state index contributed by atoms with van der Waals surface area (Å²) >= 11 is 0. The van der Waals surface area contributed by atoms with Crippen LogP contribution in [-0.2, 0) is 6.42 Å². The van der Waals surface area contributed by atoms with Crippen molar-refractivity contribution in [1.29, 1.82) is 0 Å². The topological polar surface area (TPSA) is 37.8 Å². The minimum absolute atomic E-state index is 0.0125. The molecular weight excluding hydrogens is 212 g/mol. The highest BCUT2D eigenvalue weighted by Gasteiger charge is 2.05. The molecule has 0 radical (unpaired) electrons. The number of aromatic amines is 1. The molecule has 0 fully saturated rings. The third-order valence-electron chi connectivity index (χ3n) is 2.76. The van der Waals surface area contributed by atoms with E-state index >= 15 is 0 Å². The van der Waals surface area contributed by atoms with Crippen LogP contribution < -0.4 is 5.56 Å². The Kier molecular flexibility index (Phi) is 3.18. The predicted molar refractivity (Wildman–Crippen MR) is 69.9 cm³/mol. The summed E-state index contributed by atoms with van der Waals surface area (Å²) in [5, 5.41) is 3.16. The minimum atomic E-state index is 0.0125. The van der Waals surface area contributed by atoms with Crippen LogP contribution in [0, 0.1) is 13.8 Å². The quantitative estimate of drug-likeness (QED) is 0.865. The van der Waals surface area contributed by atoms with Crippen molar-refractivity contribution in [2.45, 2.75) is 33.6 Å². The number of hydrogen-bond acceptors (Lipinski definition) is 1. The van der Waals surface area contributed by atoms with Gasteiger partial charge in [-0.2, -0.15) is 0 Å². The van der Waals surface area contributed by atoms with Crippen molar-refractivity contribution in [3.8, 4) is 5.69 Å². The molecule has 3 nitrogen and oxygen atoms in total. The molecule has 0 unspecified atom stereocenters. The van der Waals surface area contributed by atoms with Crippen molar-refractivity contribution in [3.63, 3.8) is 0 Å². The SMILES string of the molecule is CCCc1cc(=O)n(-c2cc(C)cc(C)c2)[nH]1. The zero-order chi connectivity index (χ0) is 12.4. The number of benzene rings is 1. The van der Waals surface area contributed by atoms with Crippen LogP contribution in [0.2, 0.25) is 0 Å². The molecule has 1 heterocycles. The number of aromatic nitrogens is 2. The number of nitrogens with one attached hydrogen (secondary N) is 1. The summed E-state index contributed by atoms with van der Waals surface area (Å²) in [4.78, 5) is 11.9. The molecule has 2 rings (SSSR count). The first-order valence-electron chi connectivity index (χ1n) is 6.00. The van der Waals surface area contributed by atoms with Gasteiger partial charge >= 0.3 is 0 Å². The average Bonchev–Trinajstić information content (AvgIpc) is 2.58. The van der Waals surface area contributed by atoms with Gasteiger partial charge in [0.1, 0.15) is 0 Å². The van der Waals surface area contributed by atoms with Gasteiger partial charge in [-0.15, -0.1) is 0 Å². The van der Waals surface area contributed by atoms with E-state index in [2.05, 4.69) is 18.1 Å². The van der Waals surface area contributed by atoms with Crippen LogP contribution in [0.25, 0.3) is 5.69 Å². The molecule has 90 valence electrons. The fraction of sp³-hybridized carbons (Fsp3) is 0.357. The summed E-state index contributed by atoms with van der Waals surface area (Å²) in [6.45, 7) is 6.18. The van der Waals surface area contributed by atoms with E-state index in [4.69, 9.17) is 0 Å². The Hall–Kier alpha value is -1.77. The number of nitrogens with zero attached hydrogens (tertiary/aromatic N) is 1. The summed E-state index contributed by atoms with van der Waals surface area (Å²) in [7, 11) is 0. The van der Waals surface area contributed by atoms with Gasteiger partial charge in [-0.05, 0) is 43.5 Å². The molecule has 0 bridgehead atoms. The molecule has 0 spiro atoms. The number of H-pyrrole nitrogens is 1. The van der Waals surface area contributed by atoms with Gasteiger partial charge in [-0.1, -0.05) is 19.4 Å². The second-order valence-electron chi connectivity index (χ2n) is 4.55.